The Labute approximate surface area is 94.7 Å². The quantitative estimate of drug-likeness (QED) is 0.707. The molecule has 0 atom stereocenters. The zero-order valence-electron chi connectivity index (χ0n) is 8.68. The summed E-state index contributed by atoms with van der Waals surface area (Å²) in [7, 11) is -3.52. The predicted molar refractivity (Wildman–Crippen MR) is 61.1 cm³/mol. The lowest BCUT2D eigenvalue weighted by Crippen LogP contribution is -2.32. The third-order valence-electron chi connectivity index (χ3n) is 2.33. The van der Waals surface area contributed by atoms with Crippen LogP contribution in [0.25, 0.3) is 0 Å². The summed E-state index contributed by atoms with van der Waals surface area (Å²) >= 11 is 0. The smallest absolute Gasteiger partial charge is 0.299 e. The van der Waals surface area contributed by atoms with Gasteiger partial charge >= 0.3 is 0 Å². The van der Waals surface area contributed by atoms with Gasteiger partial charge in [-0.05, 0) is 18.9 Å². The molecule has 6 heteroatoms. The number of hydrogen-bond donors (Lipinski definition) is 3. The molecule has 0 radical (unpaired) electrons. The molecule has 0 aliphatic heterocycles. The van der Waals surface area contributed by atoms with E-state index in [9.17, 15) is 8.42 Å². The molecular weight excluding hydrogens is 228 g/mol. The summed E-state index contributed by atoms with van der Waals surface area (Å²) in [5.74, 6) is 0. The molecule has 1 saturated carbocycles. The lowest BCUT2D eigenvalue weighted by atomic mass is 10.2. The molecule has 1 aliphatic rings. The van der Waals surface area contributed by atoms with Gasteiger partial charge in [0.25, 0.3) is 10.2 Å². The van der Waals surface area contributed by atoms with Crippen molar-refractivity contribution in [1.82, 2.24) is 4.72 Å². The molecule has 0 aromatic heterocycles. The van der Waals surface area contributed by atoms with Gasteiger partial charge in [0.1, 0.15) is 0 Å². The highest BCUT2D eigenvalue weighted by Gasteiger charge is 2.27. The molecule has 1 aliphatic carbocycles. The van der Waals surface area contributed by atoms with Crippen molar-refractivity contribution in [2.75, 3.05) is 4.72 Å². The molecule has 0 bridgehead atoms. The maximum atomic E-state index is 11.6. The van der Waals surface area contributed by atoms with Crippen LogP contribution in [0.5, 0.6) is 0 Å². The Morgan fingerprint density at radius 1 is 1.31 bits per heavy atom. The van der Waals surface area contributed by atoms with E-state index in [4.69, 9.17) is 5.11 Å². The topological polar surface area (TPSA) is 78.4 Å². The highest BCUT2D eigenvalue weighted by Crippen LogP contribution is 2.21. The minimum atomic E-state index is -3.52. The van der Waals surface area contributed by atoms with Gasteiger partial charge in [0.05, 0.1) is 12.3 Å². The molecule has 1 fully saturated rings. The van der Waals surface area contributed by atoms with E-state index in [2.05, 4.69) is 9.44 Å². The summed E-state index contributed by atoms with van der Waals surface area (Å²) in [4.78, 5) is 0. The molecular formula is C10H14N2O3S. The van der Waals surface area contributed by atoms with Crippen LogP contribution in [0.2, 0.25) is 0 Å². The molecule has 0 spiro atoms. The van der Waals surface area contributed by atoms with E-state index in [1.165, 1.54) is 0 Å². The van der Waals surface area contributed by atoms with Crippen LogP contribution in [0.1, 0.15) is 18.4 Å². The number of rotatable bonds is 5. The lowest BCUT2D eigenvalue weighted by molar-refractivity contribution is 0.282. The number of anilines is 1. The van der Waals surface area contributed by atoms with Gasteiger partial charge in [0.2, 0.25) is 0 Å². The maximum absolute atomic E-state index is 11.6. The largest absolute Gasteiger partial charge is 0.392 e. The average molecular weight is 242 g/mol. The first-order valence-electron chi connectivity index (χ1n) is 5.09. The molecule has 1 aromatic carbocycles. The van der Waals surface area contributed by atoms with Crippen LogP contribution in [0.15, 0.2) is 24.3 Å². The zero-order chi connectivity index (χ0) is 11.6. The molecule has 0 unspecified atom stereocenters. The second-order valence-electron chi connectivity index (χ2n) is 3.81. The Balaban J connectivity index is 2.12. The van der Waals surface area contributed by atoms with Crippen molar-refractivity contribution >= 4 is 15.9 Å². The first-order valence-corrected chi connectivity index (χ1v) is 6.58. The summed E-state index contributed by atoms with van der Waals surface area (Å²) < 4.78 is 28.1. The van der Waals surface area contributed by atoms with Crippen molar-refractivity contribution in [3.05, 3.63) is 29.8 Å². The average Bonchev–Trinajstić information content (AvgIpc) is 3.01. The van der Waals surface area contributed by atoms with Gasteiger partial charge in [-0.1, -0.05) is 18.2 Å². The molecule has 1 aromatic rings. The van der Waals surface area contributed by atoms with Crippen LogP contribution < -0.4 is 9.44 Å². The molecule has 5 nitrogen and oxygen atoms in total. The van der Waals surface area contributed by atoms with E-state index in [1.54, 1.807) is 24.3 Å². The van der Waals surface area contributed by atoms with E-state index < -0.39 is 10.2 Å². The number of aliphatic hydroxyl groups is 1. The van der Waals surface area contributed by atoms with Crippen molar-refractivity contribution < 1.29 is 13.5 Å². The van der Waals surface area contributed by atoms with E-state index in [1.807, 2.05) is 0 Å². The molecule has 0 saturated heterocycles. The van der Waals surface area contributed by atoms with E-state index in [0.717, 1.165) is 12.8 Å². The molecule has 88 valence electrons. The SMILES string of the molecule is O=S(=O)(Nc1ccccc1CO)NC1CC1. The Morgan fingerprint density at radius 2 is 2.00 bits per heavy atom. The fourth-order valence-corrected chi connectivity index (χ4v) is 2.57. The maximum Gasteiger partial charge on any atom is 0.299 e. The van der Waals surface area contributed by atoms with Gasteiger partial charge in [-0.3, -0.25) is 4.72 Å². The number of aliphatic hydroxyl groups excluding tert-OH is 1. The first kappa shape index (κ1) is 11.4. The van der Waals surface area contributed by atoms with Gasteiger partial charge in [0.15, 0.2) is 0 Å². The molecule has 0 heterocycles. The van der Waals surface area contributed by atoms with Crippen molar-refractivity contribution in [3.8, 4) is 0 Å². The van der Waals surface area contributed by atoms with Crippen LogP contribution >= 0.6 is 0 Å². The number of nitrogens with one attached hydrogen (secondary N) is 2. The standard InChI is InChI=1S/C10H14N2O3S/c13-7-8-3-1-2-4-10(8)12-16(14,15)11-9-5-6-9/h1-4,9,11-13H,5-7H2. The van der Waals surface area contributed by atoms with Gasteiger partial charge < -0.3 is 5.11 Å². The highest BCUT2D eigenvalue weighted by molar-refractivity contribution is 7.90. The Morgan fingerprint density at radius 3 is 2.62 bits per heavy atom. The monoisotopic (exact) mass is 242 g/mol. The van der Waals surface area contributed by atoms with Gasteiger partial charge in [-0.15, -0.1) is 0 Å². The minimum absolute atomic E-state index is 0.0683. The molecule has 3 N–H and O–H groups in total. The lowest BCUT2D eigenvalue weighted by Gasteiger charge is -2.11. The minimum Gasteiger partial charge on any atom is -0.392 e. The summed E-state index contributed by atoms with van der Waals surface area (Å²) in [6.07, 6.45) is 1.78. The van der Waals surface area contributed by atoms with Crippen LogP contribution in [0, 0.1) is 0 Å². The molecule has 16 heavy (non-hydrogen) atoms. The number of para-hydroxylation sites is 1. The second-order valence-corrected chi connectivity index (χ2v) is 5.26. The third-order valence-corrected chi connectivity index (χ3v) is 3.46. The van der Waals surface area contributed by atoms with E-state index >= 15 is 0 Å². The van der Waals surface area contributed by atoms with Crippen molar-refractivity contribution in [1.29, 1.82) is 0 Å². The zero-order valence-corrected chi connectivity index (χ0v) is 9.50. The third kappa shape index (κ3) is 2.94. The summed E-state index contributed by atoms with van der Waals surface area (Å²) in [5.41, 5.74) is 0.974. The summed E-state index contributed by atoms with van der Waals surface area (Å²) in [6.45, 7) is -0.192. The van der Waals surface area contributed by atoms with Gasteiger partial charge in [0, 0.05) is 11.6 Å². The Hall–Kier alpha value is -1.11. The van der Waals surface area contributed by atoms with Gasteiger partial charge in [-0.2, -0.15) is 13.1 Å². The predicted octanol–water partition coefficient (Wildman–Crippen LogP) is 0.588. The second kappa shape index (κ2) is 4.40. The molecule has 2 rings (SSSR count). The Kier molecular flexibility index (Phi) is 3.13. The normalized spacial score (nSPS) is 16.1. The molecule has 0 amide bonds. The van der Waals surface area contributed by atoms with Crippen LogP contribution in [0.3, 0.4) is 0 Å². The van der Waals surface area contributed by atoms with Crippen LogP contribution in [-0.2, 0) is 16.8 Å². The number of benzene rings is 1. The fourth-order valence-electron chi connectivity index (χ4n) is 1.35. The van der Waals surface area contributed by atoms with E-state index in [0.29, 0.717) is 11.3 Å². The van der Waals surface area contributed by atoms with Crippen molar-refractivity contribution in [2.24, 2.45) is 0 Å². The Bertz CT molecular complexity index is 469. The van der Waals surface area contributed by atoms with Crippen LogP contribution in [-0.4, -0.2) is 19.6 Å². The summed E-state index contributed by atoms with van der Waals surface area (Å²) in [5, 5.41) is 9.05. The fraction of sp³-hybridized carbons (Fsp3) is 0.400. The van der Waals surface area contributed by atoms with Gasteiger partial charge in [-0.25, -0.2) is 0 Å². The highest BCUT2D eigenvalue weighted by atomic mass is 32.2. The van der Waals surface area contributed by atoms with Crippen molar-refractivity contribution in [3.63, 3.8) is 0 Å². The number of hydrogen-bond acceptors (Lipinski definition) is 3. The summed E-state index contributed by atoms with van der Waals surface area (Å²) in [6, 6.07) is 6.83. The van der Waals surface area contributed by atoms with Crippen LogP contribution in [0.4, 0.5) is 5.69 Å². The van der Waals surface area contributed by atoms with E-state index in [-0.39, 0.29) is 12.6 Å². The first-order chi connectivity index (χ1) is 7.61. The van der Waals surface area contributed by atoms with Crippen molar-refractivity contribution in [2.45, 2.75) is 25.5 Å².